The van der Waals surface area contributed by atoms with Crippen molar-refractivity contribution < 1.29 is 22.7 Å². The summed E-state index contributed by atoms with van der Waals surface area (Å²) in [7, 11) is -2.37. The van der Waals surface area contributed by atoms with E-state index in [2.05, 4.69) is 4.74 Å². The molecule has 1 atom stereocenters. The first-order chi connectivity index (χ1) is 9.77. The molecule has 0 saturated carbocycles. The van der Waals surface area contributed by atoms with Crippen molar-refractivity contribution in [2.24, 2.45) is 0 Å². The number of benzene rings is 1. The topological polar surface area (TPSA) is 77.5 Å². The third-order valence-electron chi connectivity index (χ3n) is 2.97. The van der Waals surface area contributed by atoms with Gasteiger partial charge in [-0.15, -0.1) is 0 Å². The smallest absolute Gasteiger partial charge is 0.330 e. The van der Waals surface area contributed by atoms with Gasteiger partial charge in [0.2, 0.25) is 0 Å². The average Bonchev–Trinajstić information content (AvgIpc) is 2.45. The highest BCUT2D eigenvalue weighted by Crippen LogP contribution is 2.19. The summed E-state index contributed by atoms with van der Waals surface area (Å²) in [6.07, 6.45) is 1.82. The van der Waals surface area contributed by atoms with Gasteiger partial charge >= 0.3 is 5.97 Å². The maximum absolute atomic E-state index is 12.3. The Morgan fingerprint density at radius 1 is 1.19 bits per heavy atom. The molecule has 0 aliphatic carbocycles. The van der Waals surface area contributed by atoms with Crippen LogP contribution in [0.1, 0.15) is 18.9 Å². The van der Waals surface area contributed by atoms with Crippen LogP contribution in [-0.2, 0) is 24.2 Å². The van der Waals surface area contributed by atoms with E-state index in [4.69, 9.17) is 0 Å². The zero-order chi connectivity index (χ0) is 16.0. The predicted molar refractivity (Wildman–Crippen MR) is 78.6 cm³/mol. The number of carbonyl (C=O) groups is 2. The maximum atomic E-state index is 12.3. The Morgan fingerprint density at radius 2 is 1.76 bits per heavy atom. The molecule has 1 aromatic rings. The minimum Gasteiger partial charge on any atom is -0.466 e. The molecule has 5 nitrogen and oxygen atoms in total. The Morgan fingerprint density at radius 3 is 2.29 bits per heavy atom. The van der Waals surface area contributed by atoms with Crippen molar-refractivity contribution in [1.82, 2.24) is 0 Å². The quantitative estimate of drug-likeness (QED) is 0.592. The van der Waals surface area contributed by atoms with Gasteiger partial charge in [0.1, 0.15) is 0 Å². The first-order valence-corrected chi connectivity index (χ1v) is 7.91. The lowest BCUT2D eigenvalue weighted by molar-refractivity contribution is -0.135. The fraction of sp³-hybridized carbons (Fsp3) is 0.333. The maximum Gasteiger partial charge on any atom is 0.330 e. The Labute approximate surface area is 124 Å². The van der Waals surface area contributed by atoms with Gasteiger partial charge in [0.05, 0.1) is 17.3 Å². The van der Waals surface area contributed by atoms with Gasteiger partial charge in [-0.25, -0.2) is 13.2 Å². The van der Waals surface area contributed by atoms with Crippen molar-refractivity contribution in [3.63, 3.8) is 0 Å². The number of esters is 1. The molecule has 6 heteroatoms. The summed E-state index contributed by atoms with van der Waals surface area (Å²) < 4.78 is 29.0. The fourth-order valence-corrected chi connectivity index (χ4v) is 3.01. The number of methoxy groups -OCH3 is 1. The summed E-state index contributed by atoms with van der Waals surface area (Å²) >= 11 is 0. The number of allylic oxidation sites excluding steroid dienone is 1. The second-order valence-electron chi connectivity index (χ2n) is 4.70. The summed E-state index contributed by atoms with van der Waals surface area (Å²) in [6.45, 7) is 3.33. The molecule has 21 heavy (non-hydrogen) atoms. The molecule has 0 saturated heterocycles. The molecule has 114 valence electrons. The van der Waals surface area contributed by atoms with Crippen LogP contribution in [0.15, 0.2) is 41.3 Å². The zero-order valence-corrected chi connectivity index (χ0v) is 13.0. The van der Waals surface area contributed by atoms with E-state index in [-0.39, 0.29) is 11.3 Å². The molecule has 0 heterocycles. The molecule has 1 rings (SSSR count). The van der Waals surface area contributed by atoms with Crippen LogP contribution < -0.4 is 0 Å². The van der Waals surface area contributed by atoms with Crippen LogP contribution in [0.25, 0.3) is 0 Å². The minimum absolute atomic E-state index is 0.186. The molecule has 0 aromatic heterocycles. The third kappa shape index (κ3) is 4.82. The van der Waals surface area contributed by atoms with Gasteiger partial charge in [-0.2, -0.15) is 0 Å². The first-order valence-electron chi connectivity index (χ1n) is 6.36. The highest BCUT2D eigenvalue weighted by Gasteiger charge is 2.24. The molecule has 0 N–H and O–H groups in total. The van der Waals surface area contributed by atoms with E-state index >= 15 is 0 Å². The van der Waals surface area contributed by atoms with Gasteiger partial charge in [-0.1, -0.05) is 17.7 Å². The Hall–Kier alpha value is -1.95. The Bertz CT molecular complexity index is 641. The summed E-state index contributed by atoms with van der Waals surface area (Å²) in [5.74, 6) is -1.10. The molecule has 1 unspecified atom stereocenters. The number of sulfone groups is 1. The normalized spacial score (nSPS) is 13.1. The molecule has 1 aromatic carbocycles. The van der Waals surface area contributed by atoms with Crippen LogP contribution in [0.4, 0.5) is 0 Å². The van der Waals surface area contributed by atoms with Gasteiger partial charge in [-0.05, 0) is 32.1 Å². The number of ketones is 1. The van der Waals surface area contributed by atoms with Crippen LogP contribution in [0, 0.1) is 6.92 Å². The molecule has 0 fully saturated rings. The standard InChI is InChI=1S/C15H18O5S/c1-11-4-7-14(8-5-11)21(18,19)12(2)10-13(16)6-9-15(17)20-3/h4-9,12H,10H2,1-3H3/b9-6+. The molecule has 0 amide bonds. The molecular formula is C15H18O5S. The van der Waals surface area contributed by atoms with Crippen LogP contribution in [0.2, 0.25) is 0 Å². The van der Waals surface area contributed by atoms with E-state index in [0.29, 0.717) is 0 Å². The molecule has 0 aliphatic rings. The Balaban J connectivity index is 2.80. The Kier molecular flexibility index (Phi) is 5.84. The average molecular weight is 310 g/mol. The summed E-state index contributed by atoms with van der Waals surface area (Å²) in [5, 5.41) is -0.866. The zero-order valence-electron chi connectivity index (χ0n) is 12.2. The summed E-state index contributed by atoms with van der Waals surface area (Å²) in [5.41, 5.74) is 0.957. The van der Waals surface area contributed by atoms with Crippen molar-refractivity contribution in [1.29, 1.82) is 0 Å². The summed E-state index contributed by atoms with van der Waals surface area (Å²) in [6, 6.07) is 6.46. The van der Waals surface area contributed by atoms with E-state index < -0.39 is 26.8 Å². The van der Waals surface area contributed by atoms with Crippen LogP contribution in [0.3, 0.4) is 0 Å². The monoisotopic (exact) mass is 310 g/mol. The predicted octanol–water partition coefficient (Wildman–Crippen LogP) is 1.85. The minimum atomic E-state index is -3.57. The van der Waals surface area contributed by atoms with Gasteiger partial charge in [0, 0.05) is 12.5 Å². The number of hydrogen-bond acceptors (Lipinski definition) is 5. The molecule has 0 bridgehead atoms. The van der Waals surface area contributed by atoms with E-state index in [1.165, 1.54) is 26.2 Å². The number of ether oxygens (including phenoxy) is 1. The molecule has 0 aliphatic heterocycles. The fourth-order valence-electron chi connectivity index (χ4n) is 1.65. The summed E-state index contributed by atoms with van der Waals surface area (Å²) in [4.78, 5) is 22.7. The van der Waals surface area contributed by atoms with Crippen molar-refractivity contribution in [3.8, 4) is 0 Å². The molecular weight excluding hydrogens is 292 g/mol. The van der Waals surface area contributed by atoms with Crippen molar-refractivity contribution in [3.05, 3.63) is 42.0 Å². The number of carbonyl (C=O) groups excluding carboxylic acids is 2. The largest absolute Gasteiger partial charge is 0.466 e. The number of hydrogen-bond donors (Lipinski definition) is 0. The van der Waals surface area contributed by atoms with E-state index in [1.807, 2.05) is 6.92 Å². The number of aryl methyl sites for hydroxylation is 1. The van der Waals surface area contributed by atoms with Gasteiger partial charge in [0.25, 0.3) is 0 Å². The van der Waals surface area contributed by atoms with Crippen molar-refractivity contribution in [2.75, 3.05) is 7.11 Å². The lowest BCUT2D eigenvalue weighted by Crippen LogP contribution is -2.21. The lowest BCUT2D eigenvalue weighted by atomic mass is 10.2. The SMILES string of the molecule is COC(=O)/C=C/C(=O)CC(C)S(=O)(=O)c1ccc(C)cc1. The molecule has 0 radical (unpaired) electrons. The van der Waals surface area contributed by atoms with Gasteiger partial charge in [0.15, 0.2) is 15.6 Å². The van der Waals surface area contributed by atoms with E-state index in [9.17, 15) is 18.0 Å². The van der Waals surface area contributed by atoms with Crippen LogP contribution in [-0.4, -0.2) is 32.5 Å². The van der Waals surface area contributed by atoms with Crippen molar-refractivity contribution >= 4 is 21.6 Å². The van der Waals surface area contributed by atoms with E-state index in [0.717, 1.165) is 17.7 Å². The second kappa shape index (κ2) is 7.17. The first kappa shape index (κ1) is 17.1. The third-order valence-corrected chi connectivity index (χ3v) is 5.13. The van der Waals surface area contributed by atoms with Gasteiger partial charge in [-0.3, -0.25) is 4.79 Å². The lowest BCUT2D eigenvalue weighted by Gasteiger charge is -2.11. The van der Waals surface area contributed by atoms with Crippen LogP contribution in [0.5, 0.6) is 0 Å². The van der Waals surface area contributed by atoms with Crippen molar-refractivity contribution in [2.45, 2.75) is 30.4 Å². The van der Waals surface area contributed by atoms with Crippen LogP contribution >= 0.6 is 0 Å². The highest BCUT2D eigenvalue weighted by atomic mass is 32.2. The molecule has 0 spiro atoms. The second-order valence-corrected chi connectivity index (χ2v) is 7.06. The van der Waals surface area contributed by atoms with Gasteiger partial charge < -0.3 is 4.74 Å². The highest BCUT2D eigenvalue weighted by molar-refractivity contribution is 7.92. The number of rotatable bonds is 6. The van der Waals surface area contributed by atoms with E-state index in [1.54, 1.807) is 12.1 Å².